The summed E-state index contributed by atoms with van der Waals surface area (Å²) in [6, 6.07) is 13.1. The van der Waals surface area contributed by atoms with Crippen molar-refractivity contribution in [1.29, 1.82) is 0 Å². The van der Waals surface area contributed by atoms with E-state index >= 15 is 0 Å². The van der Waals surface area contributed by atoms with E-state index in [9.17, 15) is 8.78 Å². The van der Waals surface area contributed by atoms with Gasteiger partial charge in [-0.05, 0) is 66.6 Å². The van der Waals surface area contributed by atoms with Gasteiger partial charge in [-0.1, -0.05) is 0 Å². The Labute approximate surface area is 186 Å². The van der Waals surface area contributed by atoms with Gasteiger partial charge in [0.25, 0.3) is 0 Å². The van der Waals surface area contributed by atoms with Gasteiger partial charge in [0.05, 0.1) is 11.2 Å². The minimum absolute atomic E-state index is 0.229. The van der Waals surface area contributed by atoms with Gasteiger partial charge in [0, 0.05) is 35.1 Å². The average molecular weight is 438 g/mol. The highest BCUT2D eigenvalue weighted by Crippen LogP contribution is 2.34. The molecule has 0 atom stereocenters. The van der Waals surface area contributed by atoms with Gasteiger partial charge in [0.1, 0.15) is 22.5 Å². The Morgan fingerprint density at radius 1 is 0.879 bits per heavy atom. The van der Waals surface area contributed by atoms with Gasteiger partial charge in [-0.2, -0.15) is 5.10 Å². The third-order valence-corrected chi connectivity index (χ3v) is 5.72. The quantitative estimate of drug-likeness (QED) is 0.365. The molecule has 0 unspecified atom stereocenters. The van der Waals surface area contributed by atoms with Crippen molar-refractivity contribution < 1.29 is 8.78 Å². The number of nitrogens with zero attached hydrogens (tertiary/aromatic N) is 4. The van der Waals surface area contributed by atoms with Crippen LogP contribution in [0.4, 0.5) is 8.78 Å². The highest BCUT2D eigenvalue weighted by atomic mass is 19.1. The number of nitrogens with one attached hydrogen (secondary N) is 2. The van der Waals surface area contributed by atoms with Gasteiger partial charge in [-0.3, -0.25) is 15.1 Å². The number of aromatic nitrogens is 6. The molecule has 0 saturated carbocycles. The molecule has 0 bridgehead atoms. The Morgan fingerprint density at radius 3 is 2.55 bits per heavy atom. The molecule has 8 heteroatoms. The second-order valence-corrected chi connectivity index (χ2v) is 7.79. The summed E-state index contributed by atoms with van der Waals surface area (Å²) in [4.78, 5) is 16.6. The topological polar surface area (TPSA) is 83.1 Å². The second-order valence-electron chi connectivity index (χ2n) is 7.79. The van der Waals surface area contributed by atoms with Crippen molar-refractivity contribution in [2.24, 2.45) is 0 Å². The summed E-state index contributed by atoms with van der Waals surface area (Å²) in [6.07, 6.45) is 5.09. The normalized spacial score (nSPS) is 11.5. The van der Waals surface area contributed by atoms with Crippen molar-refractivity contribution in [1.82, 2.24) is 30.1 Å². The van der Waals surface area contributed by atoms with Crippen molar-refractivity contribution in [3.63, 3.8) is 0 Å². The first-order chi connectivity index (χ1) is 16.1. The van der Waals surface area contributed by atoms with Gasteiger partial charge < -0.3 is 4.98 Å². The van der Waals surface area contributed by atoms with Crippen LogP contribution in [0.15, 0.2) is 67.1 Å². The number of hydrogen-bond acceptors (Lipinski definition) is 4. The molecule has 2 N–H and O–H groups in total. The van der Waals surface area contributed by atoms with E-state index in [-0.39, 0.29) is 11.3 Å². The maximum Gasteiger partial charge on any atom is 0.157 e. The molecule has 0 aliphatic carbocycles. The van der Waals surface area contributed by atoms with E-state index in [0.717, 1.165) is 22.2 Å². The molecule has 2 aromatic carbocycles. The van der Waals surface area contributed by atoms with Crippen LogP contribution >= 0.6 is 0 Å². The van der Waals surface area contributed by atoms with Gasteiger partial charge in [-0.15, -0.1) is 0 Å². The fourth-order valence-electron chi connectivity index (χ4n) is 4.05. The molecule has 6 rings (SSSR count). The summed E-state index contributed by atoms with van der Waals surface area (Å²) < 4.78 is 28.3. The highest BCUT2D eigenvalue weighted by Gasteiger charge is 2.18. The lowest BCUT2D eigenvalue weighted by Gasteiger charge is -2.06. The molecule has 4 heterocycles. The van der Waals surface area contributed by atoms with Gasteiger partial charge >= 0.3 is 0 Å². The Balaban J connectivity index is 1.54. The van der Waals surface area contributed by atoms with Crippen LogP contribution in [0.1, 0.15) is 5.56 Å². The summed E-state index contributed by atoms with van der Waals surface area (Å²) >= 11 is 0. The maximum atomic E-state index is 14.9. The number of hydrogen-bond donors (Lipinski definition) is 2. The third kappa shape index (κ3) is 3.15. The van der Waals surface area contributed by atoms with Gasteiger partial charge in [0.15, 0.2) is 11.6 Å². The number of rotatable bonds is 3. The van der Waals surface area contributed by atoms with Crippen LogP contribution in [-0.4, -0.2) is 30.1 Å². The Morgan fingerprint density at radius 2 is 1.73 bits per heavy atom. The van der Waals surface area contributed by atoms with Crippen LogP contribution in [0.25, 0.3) is 55.8 Å². The zero-order chi connectivity index (χ0) is 22.5. The van der Waals surface area contributed by atoms with E-state index in [0.29, 0.717) is 33.7 Å². The molecule has 4 aromatic heterocycles. The predicted molar refractivity (Wildman–Crippen MR) is 122 cm³/mol. The van der Waals surface area contributed by atoms with E-state index in [1.165, 1.54) is 18.2 Å². The molecule has 0 saturated heterocycles. The Kier molecular flexibility index (Phi) is 4.26. The van der Waals surface area contributed by atoms with E-state index in [1.54, 1.807) is 30.7 Å². The molecule has 0 aliphatic rings. The number of pyridine rings is 2. The zero-order valence-electron chi connectivity index (χ0n) is 17.4. The van der Waals surface area contributed by atoms with Gasteiger partial charge in [-0.25, -0.2) is 13.8 Å². The number of aryl methyl sites for hydroxylation is 1. The van der Waals surface area contributed by atoms with E-state index < -0.39 is 5.82 Å². The smallest absolute Gasteiger partial charge is 0.157 e. The molecule has 33 heavy (non-hydrogen) atoms. The van der Waals surface area contributed by atoms with Crippen LogP contribution < -0.4 is 0 Å². The molecule has 6 nitrogen and oxygen atoms in total. The average Bonchev–Trinajstić information content (AvgIpc) is 3.44. The van der Waals surface area contributed by atoms with Crippen LogP contribution in [0, 0.1) is 18.6 Å². The molecule has 0 radical (unpaired) electrons. The minimum atomic E-state index is -0.432. The molecule has 160 valence electrons. The number of fused-ring (bicyclic) bond motifs is 2. The molecular weight excluding hydrogens is 422 g/mol. The first-order valence-electron chi connectivity index (χ1n) is 10.3. The lowest BCUT2D eigenvalue weighted by molar-refractivity contribution is 0.628. The van der Waals surface area contributed by atoms with Gasteiger partial charge in [0.2, 0.25) is 0 Å². The van der Waals surface area contributed by atoms with Crippen molar-refractivity contribution in [2.45, 2.75) is 6.92 Å². The van der Waals surface area contributed by atoms with Crippen LogP contribution in [-0.2, 0) is 0 Å². The second kappa shape index (κ2) is 7.30. The maximum absolute atomic E-state index is 14.9. The van der Waals surface area contributed by atoms with Crippen molar-refractivity contribution in [3.05, 3.63) is 84.3 Å². The minimum Gasteiger partial charge on any atom is -0.337 e. The lowest BCUT2D eigenvalue weighted by atomic mass is 10.0. The number of aromatic amines is 2. The van der Waals surface area contributed by atoms with Crippen LogP contribution in [0.3, 0.4) is 0 Å². The fraction of sp³-hybridized carbons (Fsp3) is 0.0400. The summed E-state index contributed by atoms with van der Waals surface area (Å²) in [5.74, 6) is -0.249. The molecule has 0 aliphatic heterocycles. The van der Waals surface area contributed by atoms with E-state index in [2.05, 4.69) is 25.1 Å². The summed E-state index contributed by atoms with van der Waals surface area (Å²) in [7, 11) is 0. The van der Waals surface area contributed by atoms with Crippen molar-refractivity contribution in [2.75, 3.05) is 0 Å². The molecule has 0 spiro atoms. The Hall–Kier alpha value is -4.46. The number of imidazole rings is 1. The summed E-state index contributed by atoms with van der Waals surface area (Å²) in [5, 5.41) is 7.70. The summed E-state index contributed by atoms with van der Waals surface area (Å²) in [6.45, 7) is 1.96. The molecule has 0 amide bonds. The summed E-state index contributed by atoms with van der Waals surface area (Å²) in [5.41, 5.74) is 6.08. The van der Waals surface area contributed by atoms with Crippen LogP contribution in [0.2, 0.25) is 0 Å². The lowest BCUT2D eigenvalue weighted by Crippen LogP contribution is -1.88. The van der Waals surface area contributed by atoms with Crippen molar-refractivity contribution in [3.8, 4) is 33.9 Å². The molecule has 6 aromatic rings. The molecular formula is C25H16F2N6. The Bertz CT molecular complexity index is 1650. The number of halogens is 2. The molecule has 0 fully saturated rings. The van der Waals surface area contributed by atoms with Crippen molar-refractivity contribution >= 4 is 21.9 Å². The number of benzene rings is 2. The zero-order valence-corrected chi connectivity index (χ0v) is 17.4. The largest absolute Gasteiger partial charge is 0.337 e. The van der Waals surface area contributed by atoms with E-state index in [4.69, 9.17) is 4.98 Å². The highest BCUT2D eigenvalue weighted by molar-refractivity contribution is 5.97. The number of H-pyrrole nitrogens is 2. The monoisotopic (exact) mass is 438 g/mol. The van der Waals surface area contributed by atoms with Crippen LogP contribution in [0.5, 0.6) is 0 Å². The first kappa shape index (κ1) is 19.2. The SMILES string of the molecule is Cc1ccncc1-c1cc(F)c2n[nH]c(-c3nc4c(-c5ccc(F)cc5)nccc4[nH]3)c2c1. The first-order valence-corrected chi connectivity index (χ1v) is 10.3. The predicted octanol–water partition coefficient (Wildman–Crippen LogP) is 5.82. The third-order valence-electron chi connectivity index (χ3n) is 5.72. The van der Waals surface area contributed by atoms with E-state index in [1.807, 2.05) is 25.1 Å². The fourth-order valence-corrected chi connectivity index (χ4v) is 4.05. The standard InChI is InChI=1S/C25H16F2N6/c1-13-6-8-28-12-18(13)15-10-17-22(19(27)11-15)32-33-23(17)25-30-20-7-9-29-21(24(20)31-25)14-2-4-16(26)5-3-14/h2-12H,1H3,(H,30,31)(H,32,33).